The molecule has 1 fully saturated rings. The third-order valence-electron chi connectivity index (χ3n) is 4.37. The Morgan fingerprint density at radius 1 is 1.04 bits per heavy atom. The van der Waals surface area contributed by atoms with E-state index in [4.69, 9.17) is 11.6 Å². The van der Waals surface area contributed by atoms with Gasteiger partial charge in [0.15, 0.2) is 0 Å². The zero-order valence-corrected chi connectivity index (χ0v) is 16.5. The molecule has 1 aliphatic rings. The Labute approximate surface area is 165 Å². The van der Waals surface area contributed by atoms with Gasteiger partial charge in [0.1, 0.15) is 0 Å². The summed E-state index contributed by atoms with van der Waals surface area (Å²) in [6.45, 7) is 1.13. The van der Waals surface area contributed by atoms with Crippen molar-refractivity contribution in [3.63, 3.8) is 0 Å². The predicted octanol–water partition coefficient (Wildman–Crippen LogP) is 4.44. The number of hydrogen-bond donors (Lipinski definition) is 1. The zero-order chi connectivity index (χ0) is 17.8. The maximum absolute atomic E-state index is 12.6. The number of carbonyl (C=O) groups is 2. The summed E-state index contributed by atoms with van der Waals surface area (Å²) >= 11 is 8.34. The Hall–Kier alpha value is -1.60. The third kappa shape index (κ3) is 4.52. The molecule has 3 rings (SSSR count). The first-order chi connectivity index (χ1) is 12.0. The van der Waals surface area contributed by atoms with E-state index in [9.17, 15) is 9.59 Å². The van der Waals surface area contributed by atoms with Crippen LogP contribution in [0.2, 0.25) is 5.02 Å². The van der Waals surface area contributed by atoms with E-state index < -0.39 is 0 Å². The molecule has 4 nitrogen and oxygen atoms in total. The number of nitrogens with one attached hydrogen (secondary N) is 1. The normalized spacial score (nSPS) is 15.0. The van der Waals surface area contributed by atoms with E-state index >= 15 is 0 Å². The molecule has 1 saturated heterocycles. The molecule has 2 aromatic rings. The summed E-state index contributed by atoms with van der Waals surface area (Å²) in [4.78, 5) is 26.7. The molecule has 0 aliphatic carbocycles. The van der Waals surface area contributed by atoms with Gasteiger partial charge in [-0.15, -0.1) is 0 Å². The lowest BCUT2D eigenvalue weighted by Crippen LogP contribution is -2.41. The number of anilines is 1. The molecule has 0 atom stereocenters. The van der Waals surface area contributed by atoms with Gasteiger partial charge in [0.05, 0.1) is 10.6 Å². The molecule has 0 spiro atoms. The summed E-state index contributed by atoms with van der Waals surface area (Å²) < 4.78 is 1.13. The van der Waals surface area contributed by atoms with Crippen molar-refractivity contribution in [2.24, 2.45) is 5.92 Å². The minimum absolute atomic E-state index is 0.0195. The number of likely N-dealkylation sites (tertiary alicyclic amines) is 1. The van der Waals surface area contributed by atoms with Crippen LogP contribution in [0.1, 0.15) is 23.2 Å². The number of piperidine rings is 1. The van der Waals surface area contributed by atoms with Gasteiger partial charge >= 0.3 is 0 Å². The molecule has 1 heterocycles. The number of amides is 2. The van der Waals surface area contributed by atoms with E-state index in [2.05, 4.69) is 27.9 Å². The van der Waals surface area contributed by atoms with Crippen LogP contribution in [0.3, 0.4) is 0 Å². The summed E-state index contributed by atoms with van der Waals surface area (Å²) in [5, 5.41) is 3.42. The minimum Gasteiger partial charge on any atom is -0.339 e. The first kappa shape index (κ1) is 18.2. The highest BCUT2D eigenvalue weighted by molar-refractivity contribution is 14.1. The molecule has 1 aliphatic heterocycles. The van der Waals surface area contributed by atoms with Crippen molar-refractivity contribution in [1.82, 2.24) is 4.90 Å². The van der Waals surface area contributed by atoms with Gasteiger partial charge in [0.2, 0.25) is 5.91 Å². The lowest BCUT2D eigenvalue weighted by Gasteiger charge is -2.31. The molecule has 0 radical (unpaired) electrons. The quantitative estimate of drug-likeness (QED) is 0.677. The van der Waals surface area contributed by atoms with Crippen LogP contribution in [0.4, 0.5) is 5.69 Å². The van der Waals surface area contributed by atoms with Crippen LogP contribution < -0.4 is 5.32 Å². The van der Waals surface area contributed by atoms with Crippen molar-refractivity contribution in [2.75, 3.05) is 18.4 Å². The number of benzene rings is 2. The standard InChI is InChI=1S/C19H18ClIN2O2/c20-17-4-2-1-3-16(17)19(25)23-11-9-13(10-12-23)18(24)22-15-7-5-14(21)6-8-15/h1-8,13H,9-12H2,(H,22,24). The molecule has 2 amide bonds. The van der Waals surface area contributed by atoms with Crippen molar-refractivity contribution in [2.45, 2.75) is 12.8 Å². The highest BCUT2D eigenvalue weighted by Crippen LogP contribution is 2.23. The topological polar surface area (TPSA) is 49.4 Å². The van der Waals surface area contributed by atoms with E-state index in [1.165, 1.54) is 0 Å². The van der Waals surface area contributed by atoms with Crippen LogP contribution in [0, 0.1) is 9.49 Å². The average Bonchev–Trinajstić information content (AvgIpc) is 2.63. The Kier molecular flexibility index (Phi) is 5.96. The van der Waals surface area contributed by atoms with Crippen molar-refractivity contribution in [1.29, 1.82) is 0 Å². The van der Waals surface area contributed by atoms with Gasteiger partial charge in [0, 0.05) is 28.3 Å². The predicted molar refractivity (Wildman–Crippen MR) is 108 cm³/mol. The Bertz CT molecular complexity index is 771. The van der Waals surface area contributed by atoms with Gasteiger partial charge in [-0.3, -0.25) is 9.59 Å². The number of halogens is 2. The Morgan fingerprint density at radius 3 is 2.32 bits per heavy atom. The molecule has 0 unspecified atom stereocenters. The number of nitrogens with zero attached hydrogens (tertiary/aromatic N) is 1. The van der Waals surface area contributed by atoms with Gasteiger partial charge in [-0.25, -0.2) is 0 Å². The maximum atomic E-state index is 12.6. The number of rotatable bonds is 3. The Morgan fingerprint density at radius 2 is 1.68 bits per heavy atom. The molecular formula is C19H18ClIN2O2. The summed E-state index contributed by atoms with van der Waals surface area (Å²) in [5.74, 6) is -0.122. The minimum atomic E-state index is -0.0745. The van der Waals surface area contributed by atoms with Crippen LogP contribution in [-0.4, -0.2) is 29.8 Å². The second kappa shape index (κ2) is 8.19. The summed E-state index contributed by atoms with van der Waals surface area (Å²) in [5.41, 5.74) is 1.32. The van der Waals surface area contributed by atoms with Crippen LogP contribution in [-0.2, 0) is 4.79 Å². The molecule has 0 aromatic heterocycles. The molecule has 6 heteroatoms. The van der Waals surface area contributed by atoms with Gasteiger partial charge in [0.25, 0.3) is 5.91 Å². The largest absolute Gasteiger partial charge is 0.339 e. The van der Waals surface area contributed by atoms with Gasteiger partial charge in [-0.2, -0.15) is 0 Å². The zero-order valence-electron chi connectivity index (χ0n) is 13.5. The SMILES string of the molecule is O=C(Nc1ccc(I)cc1)C1CCN(C(=O)c2ccccc2Cl)CC1. The average molecular weight is 469 g/mol. The molecule has 130 valence electrons. The van der Waals surface area contributed by atoms with E-state index in [1.807, 2.05) is 24.3 Å². The van der Waals surface area contributed by atoms with Crippen LogP contribution in [0.25, 0.3) is 0 Å². The van der Waals surface area contributed by atoms with Gasteiger partial charge in [-0.1, -0.05) is 23.7 Å². The number of carbonyl (C=O) groups excluding carboxylic acids is 2. The fourth-order valence-electron chi connectivity index (χ4n) is 2.93. The number of hydrogen-bond acceptors (Lipinski definition) is 2. The first-order valence-corrected chi connectivity index (χ1v) is 9.60. The second-order valence-corrected chi connectivity index (χ2v) is 7.70. The highest BCUT2D eigenvalue weighted by Gasteiger charge is 2.28. The van der Waals surface area contributed by atoms with Crippen molar-refractivity contribution >= 4 is 51.7 Å². The van der Waals surface area contributed by atoms with Crippen molar-refractivity contribution in [3.05, 3.63) is 62.7 Å². The fourth-order valence-corrected chi connectivity index (χ4v) is 3.50. The fraction of sp³-hybridized carbons (Fsp3) is 0.263. The summed E-state index contributed by atoms with van der Waals surface area (Å²) in [6, 6.07) is 14.8. The van der Waals surface area contributed by atoms with E-state index in [0.29, 0.717) is 36.5 Å². The van der Waals surface area contributed by atoms with Crippen LogP contribution in [0.15, 0.2) is 48.5 Å². The Balaban J connectivity index is 1.56. The summed E-state index contributed by atoms with van der Waals surface area (Å²) in [7, 11) is 0. The smallest absolute Gasteiger partial charge is 0.255 e. The second-order valence-electron chi connectivity index (χ2n) is 6.04. The first-order valence-electron chi connectivity index (χ1n) is 8.15. The van der Waals surface area contributed by atoms with Gasteiger partial charge in [-0.05, 0) is 71.8 Å². The molecule has 1 N–H and O–H groups in total. The molecular weight excluding hydrogens is 451 g/mol. The van der Waals surface area contributed by atoms with Crippen molar-refractivity contribution in [3.8, 4) is 0 Å². The molecule has 2 aromatic carbocycles. The lowest BCUT2D eigenvalue weighted by atomic mass is 9.95. The maximum Gasteiger partial charge on any atom is 0.255 e. The van der Waals surface area contributed by atoms with Gasteiger partial charge < -0.3 is 10.2 Å². The lowest BCUT2D eigenvalue weighted by molar-refractivity contribution is -0.121. The van der Waals surface area contributed by atoms with Crippen molar-refractivity contribution < 1.29 is 9.59 Å². The molecule has 25 heavy (non-hydrogen) atoms. The summed E-state index contributed by atoms with van der Waals surface area (Å²) in [6.07, 6.45) is 1.32. The van der Waals surface area contributed by atoms with Crippen LogP contribution >= 0.6 is 34.2 Å². The third-order valence-corrected chi connectivity index (χ3v) is 5.42. The molecule has 0 saturated carbocycles. The van der Waals surface area contributed by atoms with E-state index in [-0.39, 0.29) is 17.7 Å². The monoisotopic (exact) mass is 468 g/mol. The van der Waals surface area contributed by atoms with E-state index in [0.717, 1.165) is 9.26 Å². The van der Waals surface area contributed by atoms with Crippen LogP contribution in [0.5, 0.6) is 0 Å². The highest BCUT2D eigenvalue weighted by atomic mass is 127. The van der Waals surface area contributed by atoms with E-state index in [1.54, 1.807) is 29.2 Å². The molecule has 0 bridgehead atoms.